The third-order valence-electron chi connectivity index (χ3n) is 4.03. The van der Waals surface area contributed by atoms with Gasteiger partial charge in [-0.05, 0) is 43.9 Å². The molecule has 0 spiro atoms. The lowest BCUT2D eigenvalue weighted by Gasteiger charge is -2.31. The Hall–Kier alpha value is -0.870. The van der Waals surface area contributed by atoms with E-state index in [9.17, 15) is 4.79 Å². The lowest BCUT2D eigenvalue weighted by molar-refractivity contribution is -0.359. The van der Waals surface area contributed by atoms with E-state index in [1.54, 1.807) is 0 Å². The summed E-state index contributed by atoms with van der Waals surface area (Å²) in [5, 5.41) is 0. The summed E-state index contributed by atoms with van der Waals surface area (Å²) in [6.45, 7) is 10.1. The molecule has 1 rings (SSSR count). The molecule has 0 N–H and O–H groups in total. The lowest BCUT2D eigenvalue weighted by Crippen LogP contribution is -2.28. The first-order chi connectivity index (χ1) is 9.97. The molecule has 0 saturated carbocycles. The average molecular weight is 298 g/mol. The second kappa shape index (κ2) is 9.21. The quantitative estimate of drug-likeness (QED) is 0.288. The van der Waals surface area contributed by atoms with E-state index in [0.717, 1.165) is 25.7 Å². The fourth-order valence-electron chi connectivity index (χ4n) is 3.01. The maximum absolute atomic E-state index is 10.8. The molecule has 0 heterocycles. The molecule has 4 nitrogen and oxygen atoms in total. The van der Waals surface area contributed by atoms with Crippen molar-refractivity contribution in [3.8, 4) is 0 Å². The van der Waals surface area contributed by atoms with Crippen LogP contribution >= 0.6 is 0 Å². The maximum Gasteiger partial charge on any atom is 0.339 e. The molecular formula is C17H30O4. The van der Waals surface area contributed by atoms with Gasteiger partial charge in [0.2, 0.25) is 6.29 Å². The van der Waals surface area contributed by atoms with Crippen LogP contribution in [0.4, 0.5) is 0 Å². The normalized spacial score (nSPS) is 21.8. The fraction of sp³-hybridized carbons (Fsp3) is 0.824. The molecule has 0 bridgehead atoms. The standard InChI is InChI=1S/C17H30O4/c1-6-16(12(3)4)14-9-8-10-15(11-14)19-17(7-2)21-20-13(5)18/h9,12,15-17H,6-8,10-11H2,1-5H3. The van der Waals surface area contributed by atoms with Gasteiger partial charge in [-0.25, -0.2) is 4.79 Å². The maximum atomic E-state index is 10.8. The Morgan fingerprint density at radius 2 is 2.05 bits per heavy atom. The van der Waals surface area contributed by atoms with Crippen LogP contribution < -0.4 is 0 Å². The van der Waals surface area contributed by atoms with Crippen LogP contribution in [0.2, 0.25) is 0 Å². The molecule has 0 saturated heterocycles. The molecule has 3 atom stereocenters. The molecule has 0 aromatic heterocycles. The van der Waals surface area contributed by atoms with Gasteiger partial charge in [0.1, 0.15) is 0 Å². The smallest absolute Gasteiger partial charge is 0.339 e. The van der Waals surface area contributed by atoms with Crippen molar-refractivity contribution in [3.63, 3.8) is 0 Å². The van der Waals surface area contributed by atoms with Gasteiger partial charge < -0.3 is 4.74 Å². The number of rotatable bonds is 8. The summed E-state index contributed by atoms with van der Waals surface area (Å²) >= 11 is 0. The van der Waals surface area contributed by atoms with Crippen molar-refractivity contribution in [1.82, 2.24) is 0 Å². The third kappa shape index (κ3) is 6.18. The minimum atomic E-state index is -0.475. The summed E-state index contributed by atoms with van der Waals surface area (Å²) in [5.41, 5.74) is 1.51. The first-order valence-electron chi connectivity index (χ1n) is 8.16. The first-order valence-corrected chi connectivity index (χ1v) is 8.16. The molecule has 1 aliphatic carbocycles. The number of ether oxygens (including phenoxy) is 1. The highest BCUT2D eigenvalue weighted by atomic mass is 17.2. The summed E-state index contributed by atoms with van der Waals surface area (Å²) in [5.74, 6) is 0.831. The third-order valence-corrected chi connectivity index (χ3v) is 4.03. The summed E-state index contributed by atoms with van der Waals surface area (Å²) in [6.07, 6.45) is 6.88. The van der Waals surface area contributed by atoms with E-state index < -0.39 is 12.3 Å². The molecule has 0 radical (unpaired) electrons. The second-order valence-electron chi connectivity index (χ2n) is 6.09. The van der Waals surface area contributed by atoms with E-state index >= 15 is 0 Å². The summed E-state index contributed by atoms with van der Waals surface area (Å²) in [6, 6.07) is 0. The van der Waals surface area contributed by atoms with Gasteiger partial charge in [-0.2, -0.15) is 4.89 Å². The van der Waals surface area contributed by atoms with Crippen molar-refractivity contribution >= 4 is 5.97 Å². The Kier molecular flexibility index (Phi) is 7.97. The van der Waals surface area contributed by atoms with Gasteiger partial charge in [0, 0.05) is 6.92 Å². The zero-order chi connectivity index (χ0) is 15.8. The Morgan fingerprint density at radius 1 is 1.33 bits per heavy atom. The molecule has 122 valence electrons. The van der Waals surface area contributed by atoms with Crippen molar-refractivity contribution in [2.75, 3.05) is 0 Å². The largest absolute Gasteiger partial charge is 0.345 e. The lowest BCUT2D eigenvalue weighted by atomic mass is 9.80. The van der Waals surface area contributed by atoms with Gasteiger partial charge in [-0.15, -0.1) is 0 Å². The molecule has 0 aliphatic heterocycles. The second-order valence-corrected chi connectivity index (χ2v) is 6.09. The van der Waals surface area contributed by atoms with E-state index in [-0.39, 0.29) is 6.10 Å². The van der Waals surface area contributed by atoms with Gasteiger partial charge in [-0.1, -0.05) is 39.3 Å². The number of carbonyl (C=O) groups is 1. The minimum Gasteiger partial charge on any atom is -0.345 e. The van der Waals surface area contributed by atoms with Crippen LogP contribution in [0.3, 0.4) is 0 Å². The Morgan fingerprint density at radius 3 is 2.57 bits per heavy atom. The number of carbonyl (C=O) groups excluding carboxylic acids is 1. The summed E-state index contributed by atoms with van der Waals surface area (Å²) < 4.78 is 5.96. The minimum absolute atomic E-state index is 0.151. The molecular weight excluding hydrogens is 268 g/mol. The summed E-state index contributed by atoms with van der Waals surface area (Å²) in [4.78, 5) is 20.4. The topological polar surface area (TPSA) is 44.8 Å². The Bertz CT molecular complexity index is 349. The predicted molar refractivity (Wildman–Crippen MR) is 82.4 cm³/mol. The molecule has 1 aliphatic rings. The van der Waals surface area contributed by atoms with E-state index in [1.165, 1.54) is 12.5 Å². The van der Waals surface area contributed by atoms with Gasteiger partial charge in [0.15, 0.2) is 0 Å². The van der Waals surface area contributed by atoms with Crippen LogP contribution in [0, 0.1) is 11.8 Å². The van der Waals surface area contributed by atoms with Crippen molar-refractivity contribution in [2.45, 2.75) is 79.1 Å². The van der Waals surface area contributed by atoms with Crippen molar-refractivity contribution in [3.05, 3.63) is 11.6 Å². The highest BCUT2D eigenvalue weighted by Gasteiger charge is 2.25. The van der Waals surface area contributed by atoms with Crippen LogP contribution in [-0.2, 0) is 19.3 Å². The molecule has 0 aromatic carbocycles. The van der Waals surface area contributed by atoms with Gasteiger partial charge in [-0.3, -0.25) is 4.89 Å². The van der Waals surface area contributed by atoms with Crippen LogP contribution in [0.1, 0.15) is 66.7 Å². The van der Waals surface area contributed by atoms with Crippen molar-refractivity contribution in [1.29, 1.82) is 0 Å². The summed E-state index contributed by atoms with van der Waals surface area (Å²) in [7, 11) is 0. The van der Waals surface area contributed by atoms with Gasteiger partial charge >= 0.3 is 5.97 Å². The number of hydrogen-bond acceptors (Lipinski definition) is 4. The Balaban J connectivity index is 2.53. The molecule has 0 fully saturated rings. The van der Waals surface area contributed by atoms with Crippen LogP contribution in [0.15, 0.2) is 11.6 Å². The van der Waals surface area contributed by atoms with Crippen LogP contribution in [-0.4, -0.2) is 18.4 Å². The molecule has 21 heavy (non-hydrogen) atoms. The number of allylic oxidation sites excluding steroid dienone is 1. The monoisotopic (exact) mass is 298 g/mol. The van der Waals surface area contributed by atoms with Crippen LogP contribution in [0.5, 0.6) is 0 Å². The van der Waals surface area contributed by atoms with Crippen molar-refractivity contribution < 1.29 is 19.3 Å². The molecule has 3 unspecified atom stereocenters. The van der Waals surface area contributed by atoms with Gasteiger partial charge in [0.25, 0.3) is 0 Å². The Labute approximate surface area is 128 Å². The highest BCUT2D eigenvalue weighted by molar-refractivity contribution is 5.65. The zero-order valence-corrected chi connectivity index (χ0v) is 14.1. The molecule has 4 heteroatoms. The SMILES string of the molecule is CCC(OOC(C)=O)OC1CCC=C(C(CC)C(C)C)C1. The van der Waals surface area contributed by atoms with E-state index in [2.05, 4.69) is 31.7 Å². The van der Waals surface area contributed by atoms with Gasteiger partial charge in [0.05, 0.1) is 6.10 Å². The predicted octanol–water partition coefficient (Wildman–Crippen LogP) is 4.39. The van der Waals surface area contributed by atoms with E-state index in [1.807, 2.05) is 6.92 Å². The van der Waals surface area contributed by atoms with E-state index in [0.29, 0.717) is 18.3 Å². The number of hydrogen-bond donors (Lipinski definition) is 0. The first kappa shape index (κ1) is 18.2. The highest BCUT2D eigenvalue weighted by Crippen LogP contribution is 2.33. The average Bonchev–Trinajstić information content (AvgIpc) is 2.44. The molecule has 0 aromatic rings. The fourth-order valence-corrected chi connectivity index (χ4v) is 3.01. The zero-order valence-electron chi connectivity index (χ0n) is 14.1. The van der Waals surface area contributed by atoms with Crippen molar-refractivity contribution in [2.24, 2.45) is 11.8 Å². The van der Waals surface area contributed by atoms with Crippen LogP contribution in [0.25, 0.3) is 0 Å². The molecule has 0 amide bonds. The van der Waals surface area contributed by atoms with E-state index in [4.69, 9.17) is 9.62 Å².